The van der Waals surface area contributed by atoms with Crippen LogP contribution in [-0.4, -0.2) is 59.3 Å². The van der Waals surface area contributed by atoms with Crippen LogP contribution in [0.3, 0.4) is 0 Å². The Hall–Kier alpha value is -1.73. The van der Waals surface area contributed by atoms with Gasteiger partial charge in [-0.1, -0.05) is 22.0 Å². The topological polar surface area (TPSA) is 61.9 Å². The van der Waals surface area contributed by atoms with Gasteiger partial charge in [0, 0.05) is 30.7 Å². The number of hydrogen-bond donors (Lipinski definition) is 1. The molecule has 25 heavy (non-hydrogen) atoms. The van der Waals surface area contributed by atoms with Crippen LogP contribution in [0.1, 0.15) is 23.7 Å². The Labute approximate surface area is 154 Å². The molecule has 2 N–H and O–H groups in total. The Morgan fingerprint density at radius 2 is 2.08 bits per heavy atom. The van der Waals surface area contributed by atoms with Crippen LogP contribution in [0, 0.1) is 5.82 Å². The normalized spacial score (nSPS) is 28.2. The van der Waals surface area contributed by atoms with Crippen LogP contribution < -0.4 is 5.73 Å². The van der Waals surface area contributed by atoms with Crippen molar-refractivity contribution in [1.82, 2.24) is 9.80 Å². The standard InChI is InChI=1S/C18H20BrFN4O/c1-11-9-18(21)10-15(18)22-16(11)23-4-6-24(7-5-23)17(25)13-3-2-12(19)8-14(13)20/h2-3,8-9,15H,4-7,10,21H2,1H3. The van der Waals surface area contributed by atoms with Gasteiger partial charge >= 0.3 is 0 Å². The summed E-state index contributed by atoms with van der Waals surface area (Å²) in [4.78, 5) is 21.2. The lowest BCUT2D eigenvalue weighted by Gasteiger charge is -2.37. The number of halogens is 2. The van der Waals surface area contributed by atoms with Gasteiger partial charge < -0.3 is 15.5 Å². The molecule has 1 aromatic carbocycles. The number of nitrogens with zero attached hydrogens (tertiary/aromatic N) is 3. The molecule has 0 aromatic heterocycles. The summed E-state index contributed by atoms with van der Waals surface area (Å²) < 4.78 is 14.7. The van der Waals surface area contributed by atoms with Crippen molar-refractivity contribution in [3.8, 4) is 0 Å². The van der Waals surface area contributed by atoms with Gasteiger partial charge in [-0.25, -0.2) is 4.39 Å². The zero-order valence-corrected chi connectivity index (χ0v) is 15.6. The van der Waals surface area contributed by atoms with Gasteiger partial charge in [0.2, 0.25) is 0 Å². The predicted octanol–water partition coefficient (Wildman–Crippen LogP) is 2.17. The van der Waals surface area contributed by atoms with Gasteiger partial charge in [-0.05, 0) is 37.1 Å². The molecule has 7 heteroatoms. The summed E-state index contributed by atoms with van der Waals surface area (Å²) in [6.45, 7) is 4.53. The highest BCUT2D eigenvalue weighted by atomic mass is 79.9. The van der Waals surface area contributed by atoms with Crippen molar-refractivity contribution in [3.63, 3.8) is 0 Å². The summed E-state index contributed by atoms with van der Waals surface area (Å²) in [6, 6.07) is 4.73. The minimum Gasteiger partial charge on any atom is -0.353 e. The maximum Gasteiger partial charge on any atom is 0.256 e. The molecule has 1 aromatic rings. The minimum absolute atomic E-state index is 0.119. The third-order valence-corrected chi connectivity index (χ3v) is 5.64. The zero-order chi connectivity index (χ0) is 17.8. The number of amidine groups is 1. The first-order chi connectivity index (χ1) is 11.9. The molecular weight excluding hydrogens is 387 g/mol. The summed E-state index contributed by atoms with van der Waals surface area (Å²) in [5.41, 5.74) is 7.19. The molecule has 2 aliphatic heterocycles. The Bertz CT molecular complexity index is 800. The minimum atomic E-state index is -0.495. The van der Waals surface area contributed by atoms with E-state index in [1.165, 1.54) is 12.1 Å². The molecule has 132 valence electrons. The van der Waals surface area contributed by atoms with E-state index in [2.05, 4.69) is 26.9 Å². The summed E-state index contributed by atoms with van der Waals surface area (Å²) >= 11 is 3.21. The fraction of sp³-hybridized carbons (Fsp3) is 0.444. The first-order valence-electron chi connectivity index (χ1n) is 8.43. The van der Waals surface area contributed by atoms with Gasteiger partial charge in [0.25, 0.3) is 5.91 Å². The molecule has 1 aliphatic carbocycles. The summed E-state index contributed by atoms with van der Waals surface area (Å²) in [5.74, 6) is 0.237. The highest BCUT2D eigenvalue weighted by Crippen LogP contribution is 2.42. The van der Waals surface area contributed by atoms with E-state index in [0.29, 0.717) is 30.7 Å². The molecule has 4 rings (SSSR count). The highest BCUT2D eigenvalue weighted by Gasteiger charge is 2.52. The molecule has 1 saturated heterocycles. The number of piperazine rings is 1. The van der Waals surface area contributed by atoms with Crippen LogP contribution in [0.4, 0.5) is 4.39 Å². The number of aliphatic imine (C=N–C) groups is 1. The molecule has 2 atom stereocenters. The predicted molar refractivity (Wildman–Crippen MR) is 98.1 cm³/mol. The molecule has 1 saturated carbocycles. The van der Waals surface area contributed by atoms with E-state index in [4.69, 9.17) is 10.7 Å². The monoisotopic (exact) mass is 406 g/mol. The molecule has 5 nitrogen and oxygen atoms in total. The van der Waals surface area contributed by atoms with E-state index in [1.54, 1.807) is 11.0 Å². The number of dihydropyridines is 1. The second-order valence-corrected chi connectivity index (χ2v) is 7.93. The Morgan fingerprint density at radius 3 is 2.76 bits per heavy atom. The van der Waals surface area contributed by atoms with Gasteiger partial charge in [-0.3, -0.25) is 9.79 Å². The van der Waals surface area contributed by atoms with E-state index in [9.17, 15) is 9.18 Å². The molecule has 2 unspecified atom stereocenters. The van der Waals surface area contributed by atoms with E-state index in [0.717, 1.165) is 17.8 Å². The van der Waals surface area contributed by atoms with Crippen molar-refractivity contribution in [2.75, 3.05) is 26.2 Å². The summed E-state index contributed by atoms with van der Waals surface area (Å²) in [6.07, 6.45) is 3.03. The third kappa shape index (κ3) is 3.00. The lowest BCUT2D eigenvalue weighted by Crippen LogP contribution is -2.51. The number of nitrogens with two attached hydrogens (primary N) is 1. The molecule has 0 spiro atoms. The average Bonchev–Trinajstić information content (AvgIpc) is 3.23. The Morgan fingerprint density at radius 1 is 1.36 bits per heavy atom. The first kappa shape index (κ1) is 16.7. The van der Waals surface area contributed by atoms with E-state index in [1.807, 2.05) is 6.92 Å². The maximum absolute atomic E-state index is 14.0. The average molecular weight is 407 g/mol. The van der Waals surface area contributed by atoms with Gasteiger partial charge in [0.15, 0.2) is 0 Å². The van der Waals surface area contributed by atoms with E-state index >= 15 is 0 Å². The van der Waals surface area contributed by atoms with E-state index < -0.39 is 5.82 Å². The van der Waals surface area contributed by atoms with Crippen molar-refractivity contribution in [1.29, 1.82) is 0 Å². The second kappa shape index (κ2) is 5.92. The first-order valence-corrected chi connectivity index (χ1v) is 9.22. The van der Waals surface area contributed by atoms with Gasteiger partial charge in [0.1, 0.15) is 11.7 Å². The van der Waals surface area contributed by atoms with Crippen molar-refractivity contribution < 1.29 is 9.18 Å². The largest absolute Gasteiger partial charge is 0.353 e. The van der Waals surface area contributed by atoms with Gasteiger partial charge in [0.05, 0.1) is 17.1 Å². The molecule has 3 aliphatic rings. The highest BCUT2D eigenvalue weighted by molar-refractivity contribution is 9.10. The van der Waals surface area contributed by atoms with Crippen LogP contribution in [-0.2, 0) is 0 Å². The van der Waals surface area contributed by atoms with Gasteiger partial charge in [-0.15, -0.1) is 0 Å². The number of fused-ring (bicyclic) bond motifs is 1. The van der Waals surface area contributed by atoms with Crippen molar-refractivity contribution in [3.05, 3.63) is 45.7 Å². The lowest BCUT2D eigenvalue weighted by molar-refractivity contribution is 0.0687. The smallest absolute Gasteiger partial charge is 0.256 e. The van der Waals surface area contributed by atoms with Crippen LogP contribution in [0.15, 0.2) is 39.3 Å². The molecule has 2 heterocycles. The molecular formula is C18H20BrFN4O. The van der Waals surface area contributed by atoms with Crippen LogP contribution in [0.25, 0.3) is 0 Å². The fourth-order valence-corrected chi connectivity index (χ4v) is 3.93. The number of rotatable bonds is 1. The zero-order valence-electron chi connectivity index (χ0n) is 14.0. The quantitative estimate of drug-likeness (QED) is 0.777. The lowest BCUT2D eigenvalue weighted by atomic mass is 10.1. The van der Waals surface area contributed by atoms with E-state index in [-0.39, 0.29) is 23.1 Å². The fourth-order valence-electron chi connectivity index (χ4n) is 3.60. The summed E-state index contributed by atoms with van der Waals surface area (Å²) in [5, 5.41) is 0. The van der Waals surface area contributed by atoms with Crippen molar-refractivity contribution in [2.24, 2.45) is 10.7 Å². The van der Waals surface area contributed by atoms with Gasteiger partial charge in [-0.2, -0.15) is 0 Å². The second-order valence-electron chi connectivity index (χ2n) is 7.02. The number of carbonyl (C=O) groups is 1. The summed E-state index contributed by atoms with van der Waals surface area (Å²) in [7, 11) is 0. The van der Waals surface area contributed by atoms with Crippen LogP contribution >= 0.6 is 15.9 Å². The van der Waals surface area contributed by atoms with Crippen molar-refractivity contribution in [2.45, 2.75) is 24.9 Å². The Balaban J connectivity index is 1.43. The number of hydrogen-bond acceptors (Lipinski definition) is 4. The molecule has 0 radical (unpaired) electrons. The number of amides is 1. The number of carbonyl (C=O) groups excluding carboxylic acids is 1. The SMILES string of the molecule is CC1=CC2(N)CC2N=C1N1CCN(C(=O)c2ccc(Br)cc2F)CC1. The molecule has 0 bridgehead atoms. The van der Waals surface area contributed by atoms with Crippen LogP contribution in [0.2, 0.25) is 0 Å². The van der Waals surface area contributed by atoms with Crippen molar-refractivity contribution >= 4 is 27.7 Å². The Kier molecular flexibility index (Phi) is 3.96. The third-order valence-electron chi connectivity index (χ3n) is 5.15. The maximum atomic E-state index is 14.0. The number of benzene rings is 1. The van der Waals surface area contributed by atoms with Crippen LogP contribution in [0.5, 0.6) is 0 Å². The molecule has 2 fully saturated rings. The molecule has 1 amide bonds.